The molecule has 0 spiro atoms. The summed E-state index contributed by atoms with van der Waals surface area (Å²) in [7, 11) is 0. The number of H-pyrrole nitrogens is 1. The molecule has 0 aromatic carbocycles. The molecule has 1 aromatic rings. The number of nitriles is 1. The molecule has 20 heavy (non-hydrogen) atoms. The molecule has 1 saturated heterocycles. The Kier molecular flexibility index (Phi) is 4.01. The largest absolute Gasteiger partial charge is 0.394 e. The number of nitrogens with zero attached hydrogens (tertiary/aromatic N) is 2. The highest BCUT2D eigenvalue weighted by Gasteiger charge is 2.43. The minimum atomic E-state index is -1.44. The van der Waals surface area contributed by atoms with Crippen molar-refractivity contribution in [2.75, 3.05) is 6.61 Å². The van der Waals surface area contributed by atoms with Crippen molar-refractivity contribution in [1.29, 1.82) is 5.26 Å². The molecule has 2 heterocycles. The van der Waals surface area contributed by atoms with E-state index in [0.717, 1.165) is 10.8 Å². The third-order valence-electron chi connectivity index (χ3n) is 3.10. The van der Waals surface area contributed by atoms with Crippen LogP contribution in [0.2, 0.25) is 0 Å². The number of aliphatic hydroxyl groups is 3. The predicted molar refractivity (Wildman–Crippen MR) is 63.6 cm³/mol. The Morgan fingerprint density at radius 2 is 2.10 bits per heavy atom. The van der Waals surface area contributed by atoms with E-state index in [0.29, 0.717) is 0 Å². The lowest BCUT2D eigenvalue weighted by atomic mass is 10.1. The predicted octanol–water partition coefficient (Wildman–Crippen LogP) is -2.79. The van der Waals surface area contributed by atoms with Gasteiger partial charge in [-0.25, -0.2) is 4.79 Å². The number of hydrogen-bond donors (Lipinski definition) is 4. The average molecular weight is 283 g/mol. The van der Waals surface area contributed by atoms with Crippen molar-refractivity contribution in [3.05, 3.63) is 32.6 Å². The molecule has 4 N–H and O–H groups in total. The third kappa shape index (κ3) is 2.37. The molecule has 1 aromatic heterocycles. The van der Waals surface area contributed by atoms with Crippen molar-refractivity contribution in [2.45, 2.75) is 31.0 Å². The van der Waals surface area contributed by atoms with E-state index in [4.69, 9.17) is 15.1 Å². The van der Waals surface area contributed by atoms with Crippen LogP contribution in [0.1, 0.15) is 11.8 Å². The quantitative estimate of drug-likeness (QED) is 0.468. The smallest absolute Gasteiger partial charge is 0.330 e. The summed E-state index contributed by atoms with van der Waals surface area (Å²) >= 11 is 0. The van der Waals surface area contributed by atoms with Gasteiger partial charge in [0, 0.05) is 11.8 Å². The van der Waals surface area contributed by atoms with Gasteiger partial charge in [-0.2, -0.15) is 5.26 Å². The Morgan fingerprint density at radius 3 is 2.65 bits per heavy atom. The maximum absolute atomic E-state index is 11.7. The van der Waals surface area contributed by atoms with Crippen LogP contribution in [0.25, 0.3) is 0 Å². The fraction of sp³-hybridized carbons (Fsp3) is 0.545. The average Bonchev–Trinajstić information content (AvgIpc) is 2.70. The molecular weight excluding hydrogens is 270 g/mol. The number of aliphatic hydroxyl groups excluding tert-OH is 3. The Bertz CT molecular complexity index is 645. The zero-order valence-electron chi connectivity index (χ0n) is 10.3. The topological polar surface area (TPSA) is 149 Å². The first-order valence-electron chi connectivity index (χ1n) is 5.83. The first kappa shape index (κ1) is 14.4. The second kappa shape index (κ2) is 5.56. The molecule has 2 rings (SSSR count). The van der Waals surface area contributed by atoms with Crippen LogP contribution < -0.4 is 11.2 Å². The second-order valence-corrected chi connectivity index (χ2v) is 4.38. The molecule has 1 aliphatic rings. The summed E-state index contributed by atoms with van der Waals surface area (Å²) in [4.78, 5) is 25.2. The fourth-order valence-corrected chi connectivity index (χ4v) is 2.04. The lowest BCUT2D eigenvalue weighted by Gasteiger charge is -2.17. The summed E-state index contributed by atoms with van der Waals surface area (Å²) in [5.74, 6) is 0. The summed E-state index contributed by atoms with van der Waals surface area (Å²) in [6.45, 7) is -0.530. The molecule has 108 valence electrons. The van der Waals surface area contributed by atoms with Gasteiger partial charge >= 0.3 is 5.69 Å². The third-order valence-corrected chi connectivity index (χ3v) is 3.10. The van der Waals surface area contributed by atoms with Gasteiger partial charge in [-0.3, -0.25) is 14.3 Å². The van der Waals surface area contributed by atoms with Gasteiger partial charge in [-0.05, 0) is 0 Å². The van der Waals surface area contributed by atoms with Crippen LogP contribution >= 0.6 is 0 Å². The molecular formula is C11H13N3O6. The summed E-state index contributed by atoms with van der Waals surface area (Å²) in [5, 5.41) is 37.0. The van der Waals surface area contributed by atoms with Crippen molar-refractivity contribution >= 4 is 0 Å². The standard InChI is InChI=1S/C11H13N3O6/c12-2-1-5-3-14(11(19)13-9(5)18)10-8(17)7(16)6(4-15)20-10/h3,6-8,10,15-17H,1,4H2,(H,13,18,19)/t6-,7-,8-,10-/m1/s1. The van der Waals surface area contributed by atoms with Crippen LogP contribution in [0.5, 0.6) is 0 Å². The molecule has 0 aliphatic carbocycles. The van der Waals surface area contributed by atoms with Crippen molar-refractivity contribution in [3.63, 3.8) is 0 Å². The van der Waals surface area contributed by atoms with Gasteiger partial charge in [-0.15, -0.1) is 0 Å². The molecule has 0 saturated carbocycles. The highest BCUT2D eigenvalue weighted by atomic mass is 16.6. The van der Waals surface area contributed by atoms with Crippen molar-refractivity contribution < 1.29 is 20.1 Å². The van der Waals surface area contributed by atoms with E-state index in [1.54, 1.807) is 6.07 Å². The second-order valence-electron chi connectivity index (χ2n) is 4.38. The summed E-state index contributed by atoms with van der Waals surface area (Å²) in [6, 6.07) is 1.77. The van der Waals surface area contributed by atoms with Gasteiger partial charge in [0.2, 0.25) is 0 Å². The van der Waals surface area contributed by atoms with Gasteiger partial charge in [0.25, 0.3) is 5.56 Å². The van der Waals surface area contributed by atoms with Gasteiger partial charge in [0.05, 0.1) is 19.1 Å². The van der Waals surface area contributed by atoms with Gasteiger partial charge in [0.15, 0.2) is 6.23 Å². The van der Waals surface area contributed by atoms with Gasteiger partial charge in [0.1, 0.15) is 18.3 Å². The number of nitrogens with one attached hydrogen (secondary N) is 1. The van der Waals surface area contributed by atoms with E-state index in [1.165, 1.54) is 0 Å². The van der Waals surface area contributed by atoms with E-state index in [-0.39, 0.29) is 12.0 Å². The maximum atomic E-state index is 11.7. The van der Waals surface area contributed by atoms with E-state index in [9.17, 15) is 19.8 Å². The normalized spacial score (nSPS) is 29.3. The van der Waals surface area contributed by atoms with E-state index < -0.39 is 42.4 Å². The summed E-state index contributed by atoms with van der Waals surface area (Å²) in [6.07, 6.45) is -4.19. The van der Waals surface area contributed by atoms with Crippen LogP contribution in [0.15, 0.2) is 15.8 Å². The number of aromatic nitrogens is 2. The van der Waals surface area contributed by atoms with Crippen LogP contribution in [0.3, 0.4) is 0 Å². The van der Waals surface area contributed by atoms with Crippen molar-refractivity contribution in [2.24, 2.45) is 0 Å². The van der Waals surface area contributed by atoms with E-state index in [2.05, 4.69) is 0 Å². The number of rotatable bonds is 3. The minimum absolute atomic E-state index is 0.0323. The lowest BCUT2D eigenvalue weighted by Crippen LogP contribution is -2.38. The zero-order valence-corrected chi connectivity index (χ0v) is 10.3. The maximum Gasteiger partial charge on any atom is 0.330 e. The Balaban J connectivity index is 2.43. The molecule has 9 nitrogen and oxygen atoms in total. The van der Waals surface area contributed by atoms with E-state index in [1.807, 2.05) is 4.98 Å². The summed E-state index contributed by atoms with van der Waals surface area (Å²) < 4.78 is 6.07. The molecule has 1 fully saturated rings. The molecule has 0 unspecified atom stereocenters. The Morgan fingerprint density at radius 1 is 1.40 bits per heavy atom. The van der Waals surface area contributed by atoms with Crippen molar-refractivity contribution in [1.82, 2.24) is 9.55 Å². The molecule has 0 bridgehead atoms. The van der Waals surface area contributed by atoms with Crippen LogP contribution in [-0.2, 0) is 11.2 Å². The first-order valence-corrected chi connectivity index (χ1v) is 5.83. The molecule has 0 amide bonds. The molecule has 9 heteroatoms. The molecule has 4 atom stereocenters. The Hall–Kier alpha value is -1.99. The number of hydrogen-bond acceptors (Lipinski definition) is 7. The first-order chi connectivity index (χ1) is 9.49. The SMILES string of the molecule is N#CCc1cn([C@@H]2O[C@H](CO)[C@@H](O)[C@H]2O)c(=O)[nH]c1=O. The zero-order chi connectivity index (χ0) is 14.9. The lowest BCUT2D eigenvalue weighted by molar-refractivity contribution is -0.0551. The molecule has 1 aliphatic heterocycles. The molecule has 0 radical (unpaired) electrons. The monoisotopic (exact) mass is 283 g/mol. The van der Waals surface area contributed by atoms with Crippen LogP contribution in [0, 0.1) is 11.3 Å². The highest BCUT2D eigenvalue weighted by molar-refractivity contribution is 5.10. The number of aromatic amines is 1. The fourth-order valence-electron chi connectivity index (χ4n) is 2.04. The highest BCUT2D eigenvalue weighted by Crippen LogP contribution is 2.27. The van der Waals surface area contributed by atoms with Gasteiger partial charge in [-0.1, -0.05) is 0 Å². The van der Waals surface area contributed by atoms with Crippen LogP contribution in [0.4, 0.5) is 0 Å². The van der Waals surface area contributed by atoms with E-state index >= 15 is 0 Å². The van der Waals surface area contributed by atoms with Crippen molar-refractivity contribution in [3.8, 4) is 6.07 Å². The number of ether oxygens (including phenoxy) is 1. The Labute approximate surface area is 112 Å². The summed E-state index contributed by atoms with van der Waals surface area (Å²) in [5.41, 5.74) is -1.50. The van der Waals surface area contributed by atoms with Gasteiger partial charge < -0.3 is 20.1 Å². The van der Waals surface area contributed by atoms with Crippen LogP contribution in [-0.4, -0.2) is 49.8 Å². The minimum Gasteiger partial charge on any atom is -0.394 e.